The number of halogens is 1. The van der Waals surface area contributed by atoms with Gasteiger partial charge in [0.25, 0.3) is 0 Å². The highest BCUT2D eigenvalue weighted by Crippen LogP contribution is 2.11. The zero-order chi connectivity index (χ0) is 11.1. The number of carbonyl (C=O) groups excluding carboxylic acids is 1. The van der Waals surface area contributed by atoms with Crippen molar-refractivity contribution in [3.63, 3.8) is 0 Å². The molecule has 0 aliphatic heterocycles. The van der Waals surface area contributed by atoms with Crippen LogP contribution in [0.5, 0.6) is 0 Å². The highest BCUT2D eigenvalue weighted by Gasteiger charge is 1.99. The van der Waals surface area contributed by atoms with Gasteiger partial charge in [-0.25, -0.2) is 4.98 Å². The van der Waals surface area contributed by atoms with Gasteiger partial charge in [0.15, 0.2) is 0 Å². The number of carbonyl (C=O) groups is 1. The molecular weight excluding hydrogens is 212 g/mol. The summed E-state index contributed by atoms with van der Waals surface area (Å²) in [7, 11) is 1.78. The summed E-state index contributed by atoms with van der Waals surface area (Å²) < 4.78 is 0. The van der Waals surface area contributed by atoms with E-state index in [0.29, 0.717) is 5.15 Å². The van der Waals surface area contributed by atoms with Crippen LogP contribution in [0.15, 0.2) is 36.4 Å². The second-order valence-electron chi connectivity index (χ2n) is 2.70. The van der Waals surface area contributed by atoms with Gasteiger partial charge in [-0.3, -0.25) is 4.79 Å². The molecule has 0 bridgehead atoms. The summed E-state index contributed by atoms with van der Waals surface area (Å²) in [5, 5.41) is 3.42. The lowest BCUT2D eigenvalue weighted by Gasteiger charge is -2.04. The molecule has 1 rings (SSSR count). The van der Waals surface area contributed by atoms with Crippen molar-refractivity contribution in [3.8, 4) is 0 Å². The summed E-state index contributed by atoms with van der Waals surface area (Å²) in [5.74, 6) is 0. The van der Waals surface area contributed by atoms with Crippen molar-refractivity contribution in [2.24, 2.45) is 0 Å². The number of allylic oxidation sites excluding steroid dienone is 3. The van der Waals surface area contributed by atoms with Gasteiger partial charge >= 0.3 is 0 Å². The maximum absolute atomic E-state index is 10.1. The first-order valence-electron chi connectivity index (χ1n) is 4.40. The molecule has 0 amide bonds. The van der Waals surface area contributed by atoms with Crippen molar-refractivity contribution < 1.29 is 4.79 Å². The molecule has 0 aliphatic rings. The van der Waals surface area contributed by atoms with Crippen LogP contribution in [0.25, 0.3) is 5.70 Å². The zero-order valence-corrected chi connectivity index (χ0v) is 9.03. The Morgan fingerprint density at radius 3 is 2.87 bits per heavy atom. The molecule has 0 radical (unpaired) electrons. The maximum Gasteiger partial charge on any atom is 0.142 e. The summed E-state index contributed by atoms with van der Waals surface area (Å²) in [6.45, 7) is 0. The van der Waals surface area contributed by atoms with E-state index in [9.17, 15) is 4.79 Å². The van der Waals surface area contributed by atoms with Crippen molar-refractivity contribution in [1.29, 1.82) is 0 Å². The Hall–Kier alpha value is -1.61. The topological polar surface area (TPSA) is 42.0 Å². The molecular formula is C11H11ClN2O. The number of hydrogen-bond donors (Lipinski definition) is 1. The quantitative estimate of drug-likeness (QED) is 0.367. The molecule has 1 N–H and O–H groups in total. The lowest BCUT2D eigenvalue weighted by atomic mass is 10.2. The van der Waals surface area contributed by atoms with Gasteiger partial charge in [0.05, 0.1) is 11.4 Å². The Morgan fingerprint density at radius 2 is 2.27 bits per heavy atom. The van der Waals surface area contributed by atoms with E-state index in [1.54, 1.807) is 25.3 Å². The van der Waals surface area contributed by atoms with Crippen LogP contribution >= 0.6 is 11.6 Å². The maximum atomic E-state index is 10.1. The molecule has 1 aromatic rings. The molecule has 0 atom stereocenters. The standard InChI is InChI=1S/C11H11ClN2O/c1-13-9(5-2-3-8-15)10-6-4-7-11(12)14-10/h2-8,13H,1H3/b3-2-,9-5-. The summed E-state index contributed by atoms with van der Waals surface area (Å²) in [6, 6.07) is 5.36. The number of aldehydes is 1. The molecule has 0 spiro atoms. The third-order valence-electron chi connectivity index (χ3n) is 1.71. The van der Waals surface area contributed by atoms with Gasteiger partial charge in [-0.15, -0.1) is 0 Å². The minimum Gasteiger partial charge on any atom is -0.386 e. The van der Waals surface area contributed by atoms with Crippen LogP contribution in [0.1, 0.15) is 5.69 Å². The van der Waals surface area contributed by atoms with Crippen molar-refractivity contribution in [3.05, 3.63) is 47.3 Å². The monoisotopic (exact) mass is 222 g/mol. The summed E-state index contributed by atoms with van der Waals surface area (Å²) >= 11 is 5.77. The second-order valence-corrected chi connectivity index (χ2v) is 3.08. The number of aromatic nitrogens is 1. The van der Waals surface area contributed by atoms with E-state index in [-0.39, 0.29) is 0 Å². The van der Waals surface area contributed by atoms with Gasteiger partial charge in [0, 0.05) is 7.05 Å². The van der Waals surface area contributed by atoms with Crippen molar-refractivity contribution >= 4 is 23.6 Å². The Morgan fingerprint density at radius 1 is 1.47 bits per heavy atom. The smallest absolute Gasteiger partial charge is 0.142 e. The molecule has 0 saturated carbocycles. The lowest BCUT2D eigenvalue weighted by Crippen LogP contribution is -2.05. The van der Waals surface area contributed by atoms with Crippen LogP contribution in [0.2, 0.25) is 5.15 Å². The molecule has 1 aromatic heterocycles. The highest BCUT2D eigenvalue weighted by molar-refractivity contribution is 6.29. The van der Waals surface area contributed by atoms with Crippen LogP contribution in [-0.2, 0) is 4.79 Å². The second kappa shape index (κ2) is 5.98. The number of rotatable bonds is 4. The van der Waals surface area contributed by atoms with E-state index < -0.39 is 0 Å². The summed E-state index contributed by atoms with van der Waals surface area (Å²) in [6.07, 6.45) is 5.52. The summed E-state index contributed by atoms with van der Waals surface area (Å²) in [4.78, 5) is 14.2. The first-order valence-corrected chi connectivity index (χ1v) is 4.78. The lowest BCUT2D eigenvalue weighted by molar-refractivity contribution is -0.104. The molecule has 3 nitrogen and oxygen atoms in total. The molecule has 0 saturated heterocycles. The van der Waals surface area contributed by atoms with E-state index in [0.717, 1.165) is 17.7 Å². The zero-order valence-electron chi connectivity index (χ0n) is 8.27. The average Bonchev–Trinajstić information content (AvgIpc) is 2.24. The van der Waals surface area contributed by atoms with Crippen LogP contribution in [0.4, 0.5) is 0 Å². The normalized spacial score (nSPS) is 11.7. The molecule has 0 aliphatic carbocycles. The van der Waals surface area contributed by atoms with E-state index in [1.165, 1.54) is 6.08 Å². The Bertz CT molecular complexity index is 399. The van der Waals surface area contributed by atoms with Gasteiger partial charge in [-0.1, -0.05) is 23.7 Å². The third-order valence-corrected chi connectivity index (χ3v) is 1.92. The Balaban J connectivity index is 2.96. The fourth-order valence-electron chi connectivity index (χ4n) is 1.05. The molecule has 15 heavy (non-hydrogen) atoms. The minimum absolute atomic E-state index is 0.438. The molecule has 0 aromatic carbocycles. The number of pyridine rings is 1. The predicted molar refractivity (Wildman–Crippen MR) is 61.5 cm³/mol. The molecule has 78 valence electrons. The third kappa shape index (κ3) is 3.56. The molecule has 1 heterocycles. The van der Waals surface area contributed by atoms with E-state index in [2.05, 4.69) is 10.3 Å². The van der Waals surface area contributed by atoms with Crippen LogP contribution in [0, 0.1) is 0 Å². The molecule has 0 unspecified atom stereocenters. The van der Waals surface area contributed by atoms with Gasteiger partial charge < -0.3 is 5.32 Å². The Kier molecular flexibility index (Phi) is 4.57. The van der Waals surface area contributed by atoms with Gasteiger partial charge in [0.1, 0.15) is 11.4 Å². The van der Waals surface area contributed by atoms with Crippen LogP contribution < -0.4 is 5.32 Å². The number of nitrogens with one attached hydrogen (secondary N) is 1. The van der Waals surface area contributed by atoms with Gasteiger partial charge in [-0.2, -0.15) is 0 Å². The fourth-order valence-corrected chi connectivity index (χ4v) is 1.22. The van der Waals surface area contributed by atoms with Gasteiger partial charge in [0.2, 0.25) is 0 Å². The molecule has 4 heteroatoms. The Labute approximate surface area is 93.5 Å². The predicted octanol–water partition coefficient (Wildman–Crippen LogP) is 2.05. The minimum atomic E-state index is 0.438. The molecule has 0 fully saturated rings. The van der Waals surface area contributed by atoms with Crippen molar-refractivity contribution in [1.82, 2.24) is 10.3 Å². The van der Waals surface area contributed by atoms with Crippen LogP contribution in [0.3, 0.4) is 0 Å². The number of hydrogen-bond acceptors (Lipinski definition) is 3. The highest BCUT2D eigenvalue weighted by atomic mass is 35.5. The van der Waals surface area contributed by atoms with Gasteiger partial charge in [-0.05, 0) is 24.3 Å². The van der Waals surface area contributed by atoms with Crippen molar-refractivity contribution in [2.75, 3.05) is 7.05 Å². The van der Waals surface area contributed by atoms with E-state index >= 15 is 0 Å². The first-order chi connectivity index (χ1) is 7.27. The SMILES string of the molecule is CN/C(=C\C=C/C=O)c1cccc(Cl)n1. The largest absolute Gasteiger partial charge is 0.386 e. The van der Waals surface area contributed by atoms with E-state index in [4.69, 9.17) is 11.6 Å². The fraction of sp³-hybridized carbons (Fsp3) is 0.0909. The van der Waals surface area contributed by atoms with E-state index in [1.807, 2.05) is 12.1 Å². The van der Waals surface area contributed by atoms with Crippen LogP contribution in [-0.4, -0.2) is 18.3 Å². The average molecular weight is 223 g/mol. The number of nitrogens with zero attached hydrogens (tertiary/aromatic N) is 1. The van der Waals surface area contributed by atoms with Crippen molar-refractivity contribution in [2.45, 2.75) is 0 Å². The summed E-state index contributed by atoms with van der Waals surface area (Å²) in [5.41, 5.74) is 1.54. The first kappa shape index (κ1) is 11.5.